The van der Waals surface area contributed by atoms with E-state index in [-0.39, 0.29) is 25.8 Å². The van der Waals surface area contributed by atoms with E-state index in [4.69, 9.17) is 14.2 Å². The highest BCUT2D eigenvalue weighted by Crippen LogP contribution is 2.15. The van der Waals surface area contributed by atoms with E-state index in [0.717, 1.165) is 51.4 Å². The smallest absolute Gasteiger partial charge is 0.361 e. The summed E-state index contributed by atoms with van der Waals surface area (Å²) in [6, 6.07) is 0. The van der Waals surface area contributed by atoms with Gasteiger partial charge in [-0.2, -0.15) is 0 Å². The largest absolute Gasteiger partial charge is 0.477 e. The van der Waals surface area contributed by atoms with Crippen LogP contribution in [0.1, 0.15) is 161 Å². The summed E-state index contributed by atoms with van der Waals surface area (Å²) in [4.78, 5) is 23.3. The van der Waals surface area contributed by atoms with Gasteiger partial charge in [-0.15, -0.1) is 0 Å². The van der Waals surface area contributed by atoms with Gasteiger partial charge in [0.2, 0.25) is 0 Å². The maximum absolute atomic E-state index is 12.0. The van der Waals surface area contributed by atoms with Crippen molar-refractivity contribution < 1.29 is 38.5 Å². The maximum Gasteiger partial charge on any atom is 0.361 e. The highest BCUT2D eigenvalue weighted by molar-refractivity contribution is 5.70. The highest BCUT2D eigenvalue weighted by Gasteiger charge is 2.22. The number of allylic oxidation sites excluding steroid dienone is 10. The molecule has 312 valence electrons. The number of ether oxygens (including phenoxy) is 3. The van der Waals surface area contributed by atoms with Crippen LogP contribution in [-0.4, -0.2) is 86.5 Å². The summed E-state index contributed by atoms with van der Waals surface area (Å²) >= 11 is 0. The van der Waals surface area contributed by atoms with Gasteiger partial charge in [-0.25, -0.2) is 4.79 Å². The first-order valence-electron chi connectivity index (χ1n) is 21.5. The number of esters is 1. The lowest BCUT2D eigenvalue weighted by molar-refractivity contribution is -0.870. The molecule has 0 rings (SSSR count). The second kappa shape index (κ2) is 38.7. The Hall–Kier alpha value is -2.52. The molecule has 0 aliphatic heterocycles. The zero-order valence-corrected chi connectivity index (χ0v) is 35.1. The number of carbonyl (C=O) groups is 2. The molecule has 0 aromatic carbocycles. The molecular formula is C46H82NO7+. The molecule has 0 aromatic rings. The molecule has 0 amide bonds. The van der Waals surface area contributed by atoms with Crippen molar-refractivity contribution in [3.8, 4) is 0 Å². The van der Waals surface area contributed by atoms with E-state index >= 15 is 0 Å². The number of aliphatic carboxylic acids is 1. The lowest BCUT2D eigenvalue weighted by Gasteiger charge is -2.24. The van der Waals surface area contributed by atoms with E-state index in [1.165, 1.54) is 96.3 Å². The summed E-state index contributed by atoms with van der Waals surface area (Å²) in [5, 5.41) is 19.3. The number of quaternary nitrogens is 1. The first kappa shape index (κ1) is 51.5. The van der Waals surface area contributed by atoms with Crippen LogP contribution < -0.4 is 0 Å². The van der Waals surface area contributed by atoms with Gasteiger partial charge in [0.15, 0.2) is 0 Å². The normalized spacial score (nSPS) is 13.7. The summed E-state index contributed by atoms with van der Waals surface area (Å²) in [5.74, 6) is -1.61. The Balaban J connectivity index is 3.45. The molecule has 0 aliphatic rings. The van der Waals surface area contributed by atoms with Gasteiger partial charge in [0.1, 0.15) is 19.3 Å². The number of rotatable bonds is 39. The average molecular weight is 761 g/mol. The predicted molar refractivity (Wildman–Crippen MR) is 225 cm³/mol. The van der Waals surface area contributed by atoms with Crippen LogP contribution in [0.25, 0.3) is 0 Å². The minimum atomic E-state index is -1.46. The molecule has 0 fully saturated rings. The summed E-state index contributed by atoms with van der Waals surface area (Å²) in [7, 11) is 5.92. The van der Waals surface area contributed by atoms with E-state index in [9.17, 15) is 19.8 Å². The molecule has 0 aromatic heterocycles. The molecule has 0 spiro atoms. The van der Waals surface area contributed by atoms with Crippen molar-refractivity contribution in [2.45, 2.75) is 173 Å². The SMILES string of the molecule is CC/C=C\C/C=C\C/C=C\C/C=C\C/C=C\CCCCCCCCCCCCCCCCCCCC(=O)OCC(O)COC(OCC[N+](C)(C)C)C(=O)O. The molecule has 2 N–H and O–H groups in total. The number of carboxylic acid groups (broad SMARTS) is 1. The fraction of sp³-hybridized carbons (Fsp3) is 0.739. The Morgan fingerprint density at radius 3 is 1.39 bits per heavy atom. The number of unbranched alkanes of at least 4 members (excludes halogenated alkanes) is 17. The summed E-state index contributed by atoms with van der Waals surface area (Å²) < 4.78 is 16.2. The standard InChI is InChI=1S/C46H81NO7/c1-5-6-7-8-9-10-11-12-13-14-15-16-17-18-19-20-21-22-23-24-25-26-27-28-29-30-31-32-33-34-35-36-37-38-44(49)53-41-43(48)42-54-46(45(50)51)52-40-39-47(2,3)4/h6-7,9-10,12-13,15-16,18-19,43,46,48H,5,8,11,14,17,20-42H2,1-4H3/p+1/b7-6-,10-9-,13-12-,16-15-,19-18-. The van der Waals surface area contributed by atoms with Crippen molar-refractivity contribution in [1.82, 2.24) is 0 Å². The number of aliphatic hydroxyl groups is 1. The van der Waals surface area contributed by atoms with Gasteiger partial charge in [0.25, 0.3) is 6.29 Å². The monoisotopic (exact) mass is 761 g/mol. The third-order valence-corrected chi connectivity index (χ3v) is 9.02. The molecular weight excluding hydrogens is 679 g/mol. The minimum absolute atomic E-state index is 0.209. The summed E-state index contributed by atoms with van der Waals surface area (Å²) in [5.41, 5.74) is 0. The number of nitrogens with zero attached hydrogens (tertiary/aromatic N) is 1. The molecule has 54 heavy (non-hydrogen) atoms. The third-order valence-electron chi connectivity index (χ3n) is 9.02. The van der Waals surface area contributed by atoms with E-state index in [2.05, 4.69) is 67.7 Å². The topological polar surface area (TPSA) is 102 Å². The Bertz CT molecular complexity index is 1010. The van der Waals surface area contributed by atoms with Gasteiger partial charge in [0, 0.05) is 6.42 Å². The minimum Gasteiger partial charge on any atom is -0.477 e. The zero-order valence-electron chi connectivity index (χ0n) is 35.1. The highest BCUT2D eigenvalue weighted by atomic mass is 16.7. The van der Waals surface area contributed by atoms with Gasteiger partial charge in [-0.1, -0.05) is 164 Å². The Morgan fingerprint density at radius 2 is 0.963 bits per heavy atom. The Morgan fingerprint density at radius 1 is 0.556 bits per heavy atom. The molecule has 0 radical (unpaired) electrons. The molecule has 0 heterocycles. The van der Waals surface area contributed by atoms with Crippen LogP contribution in [0, 0.1) is 0 Å². The molecule has 8 heteroatoms. The van der Waals surface area contributed by atoms with Gasteiger partial charge < -0.3 is 28.9 Å². The summed E-state index contributed by atoms with van der Waals surface area (Å²) in [6.07, 6.45) is 48.5. The van der Waals surface area contributed by atoms with E-state index in [1.807, 2.05) is 21.1 Å². The van der Waals surface area contributed by atoms with Crippen LogP contribution in [-0.2, 0) is 23.8 Å². The van der Waals surface area contributed by atoms with Crippen molar-refractivity contribution in [2.24, 2.45) is 0 Å². The Kier molecular flexibility index (Phi) is 36.9. The van der Waals surface area contributed by atoms with Crippen molar-refractivity contribution in [3.63, 3.8) is 0 Å². The van der Waals surface area contributed by atoms with E-state index in [1.54, 1.807) is 0 Å². The number of hydrogen-bond donors (Lipinski definition) is 2. The number of carbonyl (C=O) groups excluding carboxylic acids is 1. The van der Waals surface area contributed by atoms with Crippen LogP contribution >= 0.6 is 0 Å². The summed E-state index contributed by atoms with van der Waals surface area (Å²) in [6.45, 7) is 2.47. The number of likely N-dealkylation sites (N-methyl/N-ethyl adjacent to an activating group) is 1. The predicted octanol–water partition coefficient (Wildman–Crippen LogP) is 11.2. The molecule has 0 saturated heterocycles. The molecule has 2 atom stereocenters. The lowest BCUT2D eigenvalue weighted by Crippen LogP contribution is -2.40. The second-order valence-electron chi connectivity index (χ2n) is 15.5. The van der Waals surface area contributed by atoms with Crippen molar-refractivity contribution >= 4 is 11.9 Å². The van der Waals surface area contributed by atoms with Crippen LogP contribution in [0.15, 0.2) is 60.8 Å². The fourth-order valence-corrected chi connectivity index (χ4v) is 5.68. The first-order valence-corrected chi connectivity index (χ1v) is 21.5. The Labute approximate surface area is 331 Å². The fourth-order valence-electron chi connectivity index (χ4n) is 5.68. The average Bonchev–Trinajstić information content (AvgIpc) is 3.13. The maximum atomic E-state index is 12.0. The van der Waals surface area contributed by atoms with Crippen molar-refractivity contribution in [1.29, 1.82) is 0 Å². The quantitative estimate of drug-likeness (QED) is 0.0211. The van der Waals surface area contributed by atoms with Gasteiger partial charge in [0.05, 0.1) is 34.4 Å². The van der Waals surface area contributed by atoms with Crippen LogP contribution in [0.4, 0.5) is 0 Å². The number of hydrogen-bond acceptors (Lipinski definition) is 6. The van der Waals surface area contributed by atoms with E-state index in [0.29, 0.717) is 17.4 Å². The lowest BCUT2D eigenvalue weighted by atomic mass is 10.0. The number of carboxylic acids is 1. The van der Waals surface area contributed by atoms with Crippen molar-refractivity contribution in [3.05, 3.63) is 60.8 Å². The molecule has 0 saturated carbocycles. The molecule has 0 aliphatic carbocycles. The molecule has 2 unspecified atom stereocenters. The van der Waals surface area contributed by atoms with Crippen LogP contribution in [0.3, 0.4) is 0 Å². The first-order chi connectivity index (χ1) is 26.2. The number of aliphatic hydroxyl groups excluding tert-OH is 1. The van der Waals surface area contributed by atoms with Crippen LogP contribution in [0.2, 0.25) is 0 Å². The van der Waals surface area contributed by atoms with Gasteiger partial charge in [-0.05, 0) is 51.4 Å². The zero-order chi connectivity index (χ0) is 39.8. The van der Waals surface area contributed by atoms with Crippen LogP contribution in [0.5, 0.6) is 0 Å². The van der Waals surface area contributed by atoms with Gasteiger partial charge >= 0.3 is 11.9 Å². The molecule has 8 nitrogen and oxygen atoms in total. The van der Waals surface area contributed by atoms with E-state index < -0.39 is 18.4 Å². The molecule has 0 bridgehead atoms. The second-order valence-corrected chi connectivity index (χ2v) is 15.5. The van der Waals surface area contributed by atoms with Crippen molar-refractivity contribution in [2.75, 3.05) is 47.5 Å². The third kappa shape index (κ3) is 40.7. The van der Waals surface area contributed by atoms with Gasteiger partial charge in [-0.3, -0.25) is 4.79 Å².